The predicted octanol–water partition coefficient (Wildman–Crippen LogP) is 3.11. The van der Waals surface area contributed by atoms with Crippen LogP contribution in [0.25, 0.3) is 0 Å². The Kier molecular flexibility index (Phi) is 11.1. The zero-order chi connectivity index (χ0) is 11.4. The molecule has 0 unspecified atom stereocenters. The molecule has 0 atom stereocenters. The minimum Gasteiger partial charge on any atom is -0.505 e. The largest absolute Gasteiger partial charge is 0.505 e. The normalized spacial score (nSPS) is 11.5. The van der Waals surface area contributed by atoms with Crippen molar-refractivity contribution in [2.75, 3.05) is 20.3 Å². The zero-order valence-electron chi connectivity index (χ0n) is 10.2. The maximum Gasteiger partial charge on any atom is 0.157 e. The van der Waals surface area contributed by atoms with Gasteiger partial charge in [0.05, 0.1) is 13.4 Å². The van der Waals surface area contributed by atoms with Gasteiger partial charge in [-0.2, -0.15) is 0 Å². The van der Waals surface area contributed by atoms with Crippen LogP contribution in [0.15, 0.2) is 12.3 Å². The van der Waals surface area contributed by atoms with E-state index >= 15 is 0 Å². The lowest BCUT2D eigenvalue weighted by atomic mass is 10.2. The van der Waals surface area contributed by atoms with E-state index in [-0.39, 0.29) is 6.29 Å². The molecule has 0 saturated carbocycles. The third-order valence-electron chi connectivity index (χ3n) is 2.00. The van der Waals surface area contributed by atoms with Crippen molar-refractivity contribution in [1.82, 2.24) is 0 Å². The Morgan fingerprint density at radius 1 is 1.07 bits per heavy atom. The summed E-state index contributed by atoms with van der Waals surface area (Å²) in [5, 5.41) is 0. The Hall–Kier alpha value is -0.540. The van der Waals surface area contributed by atoms with E-state index in [0.717, 1.165) is 25.7 Å². The minimum atomic E-state index is -0.0218. The SMILES string of the molecule is CCOC(CCCCC=COC)OCC. The lowest BCUT2D eigenvalue weighted by molar-refractivity contribution is -0.140. The highest BCUT2D eigenvalue weighted by molar-refractivity contribution is 4.72. The van der Waals surface area contributed by atoms with Crippen LogP contribution >= 0.6 is 0 Å². The van der Waals surface area contributed by atoms with Gasteiger partial charge in [0.15, 0.2) is 6.29 Å². The first-order valence-electron chi connectivity index (χ1n) is 5.76. The predicted molar refractivity (Wildman–Crippen MR) is 61.7 cm³/mol. The average molecular weight is 216 g/mol. The van der Waals surface area contributed by atoms with Crippen LogP contribution in [-0.4, -0.2) is 26.6 Å². The minimum absolute atomic E-state index is 0.0218. The van der Waals surface area contributed by atoms with Crippen molar-refractivity contribution in [2.45, 2.75) is 45.8 Å². The number of allylic oxidation sites excluding steroid dienone is 1. The summed E-state index contributed by atoms with van der Waals surface area (Å²) in [6.07, 6.45) is 8.04. The third-order valence-corrected chi connectivity index (χ3v) is 2.00. The molecule has 3 heteroatoms. The van der Waals surface area contributed by atoms with Gasteiger partial charge in [0.25, 0.3) is 0 Å². The molecule has 0 aliphatic carbocycles. The van der Waals surface area contributed by atoms with E-state index in [4.69, 9.17) is 14.2 Å². The molecule has 90 valence electrons. The van der Waals surface area contributed by atoms with Gasteiger partial charge in [-0.15, -0.1) is 0 Å². The fourth-order valence-corrected chi connectivity index (χ4v) is 1.32. The van der Waals surface area contributed by atoms with E-state index < -0.39 is 0 Å². The Balaban J connectivity index is 3.39. The van der Waals surface area contributed by atoms with Gasteiger partial charge in [-0.05, 0) is 45.6 Å². The quantitative estimate of drug-likeness (QED) is 0.319. The summed E-state index contributed by atoms with van der Waals surface area (Å²) >= 11 is 0. The lowest BCUT2D eigenvalue weighted by Crippen LogP contribution is -2.17. The monoisotopic (exact) mass is 216 g/mol. The summed E-state index contributed by atoms with van der Waals surface area (Å²) in [6, 6.07) is 0. The smallest absolute Gasteiger partial charge is 0.157 e. The Labute approximate surface area is 93.4 Å². The van der Waals surface area contributed by atoms with E-state index in [1.807, 2.05) is 19.9 Å². The molecule has 0 aromatic carbocycles. The first kappa shape index (κ1) is 14.5. The van der Waals surface area contributed by atoms with Gasteiger partial charge in [-0.25, -0.2) is 0 Å². The van der Waals surface area contributed by atoms with Crippen LogP contribution in [0.4, 0.5) is 0 Å². The van der Waals surface area contributed by atoms with Crippen molar-refractivity contribution in [2.24, 2.45) is 0 Å². The molecule has 0 amide bonds. The molecule has 3 nitrogen and oxygen atoms in total. The van der Waals surface area contributed by atoms with Crippen molar-refractivity contribution in [3.8, 4) is 0 Å². The van der Waals surface area contributed by atoms with E-state index in [9.17, 15) is 0 Å². The van der Waals surface area contributed by atoms with Gasteiger partial charge in [0.2, 0.25) is 0 Å². The number of rotatable bonds is 10. The van der Waals surface area contributed by atoms with E-state index in [2.05, 4.69) is 0 Å². The second kappa shape index (κ2) is 11.5. The topological polar surface area (TPSA) is 27.7 Å². The molecule has 0 rings (SSSR count). The van der Waals surface area contributed by atoms with Gasteiger partial charge < -0.3 is 14.2 Å². The van der Waals surface area contributed by atoms with Crippen LogP contribution in [0.1, 0.15) is 39.5 Å². The van der Waals surface area contributed by atoms with Gasteiger partial charge in [-0.1, -0.05) is 0 Å². The molecular weight excluding hydrogens is 192 g/mol. The first-order valence-corrected chi connectivity index (χ1v) is 5.76. The van der Waals surface area contributed by atoms with Gasteiger partial charge in [0, 0.05) is 13.2 Å². The number of methoxy groups -OCH3 is 1. The number of ether oxygens (including phenoxy) is 3. The summed E-state index contributed by atoms with van der Waals surface area (Å²) in [7, 11) is 1.66. The summed E-state index contributed by atoms with van der Waals surface area (Å²) in [6.45, 7) is 5.42. The molecule has 0 heterocycles. The van der Waals surface area contributed by atoms with Crippen LogP contribution in [-0.2, 0) is 14.2 Å². The standard InChI is InChI=1S/C12H24O3/c1-4-14-12(15-5-2)10-8-6-7-9-11-13-3/h9,11-12H,4-8,10H2,1-3H3. The van der Waals surface area contributed by atoms with Crippen LogP contribution in [0.2, 0.25) is 0 Å². The first-order chi connectivity index (χ1) is 7.35. The molecule has 0 aromatic heterocycles. The fourth-order valence-electron chi connectivity index (χ4n) is 1.32. The number of hydrogen-bond acceptors (Lipinski definition) is 3. The Morgan fingerprint density at radius 2 is 1.73 bits per heavy atom. The molecule has 0 aliphatic heterocycles. The molecule has 0 spiro atoms. The summed E-state index contributed by atoms with van der Waals surface area (Å²) in [4.78, 5) is 0. The van der Waals surface area contributed by atoms with Gasteiger partial charge >= 0.3 is 0 Å². The molecule has 0 aromatic rings. The molecule has 0 N–H and O–H groups in total. The van der Waals surface area contributed by atoms with E-state index in [0.29, 0.717) is 13.2 Å². The Bertz CT molecular complexity index is 140. The van der Waals surface area contributed by atoms with Crippen molar-refractivity contribution >= 4 is 0 Å². The van der Waals surface area contributed by atoms with Crippen LogP contribution in [0.5, 0.6) is 0 Å². The van der Waals surface area contributed by atoms with Gasteiger partial charge in [0.1, 0.15) is 0 Å². The third kappa shape index (κ3) is 9.76. The molecule has 0 aliphatic rings. The fraction of sp³-hybridized carbons (Fsp3) is 0.833. The van der Waals surface area contributed by atoms with Crippen LogP contribution in [0, 0.1) is 0 Å². The second-order valence-corrected chi connectivity index (χ2v) is 3.23. The Morgan fingerprint density at radius 3 is 2.27 bits per heavy atom. The average Bonchev–Trinajstić information content (AvgIpc) is 2.24. The zero-order valence-corrected chi connectivity index (χ0v) is 10.2. The number of unbranched alkanes of at least 4 members (excludes halogenated alkanes) is 2. The lowest BCUT2D eigenvalue weighted by Gasteiger charge is -2.16. The molecular formula is C12H24O3. The summed E-state index contributed by atoms with van der Waals surface area (Å²) in [5.41, 5.74) is 0. The summed E-state index contributed by atoms with van der Waals surface area (Å²) in [5.74, 6) is 0. The van der Waals surface area contributed by atoms with Crippen molar-refractivity contribution in [3.63, 3.8) is 0 Å². The molecule has 0 saturated heterocycles. The molecule has 0 radical (unpaired) electrons. The molecule has 15 heavy (non-hydrogen) atoms. The molecule has 0 bridgehead atoms. The van der Waals surface area contributed by atoms with Crippen molar-refractivity contribution in [1.29, 1.82) is 0 Å². The summed E-state index contributed by atoms with van der Waals surface area (Å²) < 4.78 is 15.7. The highest BCUT2D eigenvalue weighted by Crippen LogP contribution is 2.08. The highest BCUT2D eigenvalue weighted by atomic mass is 16.7. The molecule has 0 fully saturated rings. The van der Waals surface area contributed by atoms with E-state index in [1.54, 1.807) is 13.4 Å². The van der Waals surface area contributed by atoms with E-state index in [1.165, 1.54) is 0 Å². The second-order valence-electron chi connectivity index (χ2n) is 3.23. The van der Waals surface area contributed by atoms with Crippen LogP contribution < -0.4 is 0 Å². The number of hydrogen-bond donors (Lipinski definition) is 0. The van der Waals surface area contributed by atoms with Crippen molar-refractivity contribution < 1.29 is 14.2 Å². The highest BCUT2D eigenvalue weighted by Gasteiger charge is 2.06. The van der Waals surface area contributed by atoms with Crippen LogP contribution in [0.3, 0.4) is 0 Å². The van der Waals surface area contributed by atoms with Crippen molar-refractivity contribution in [3.05, 3.63) is 12.3 Å². The van der Waals surface area contributed by atoms with Gasteiger partial charge in [-0.3, -0.25) is 0 Å². The maximum absolute atomic E-state index is 5.45. The maximum atomic E-state index is 5.45.